The topological polar surface area (TPSA) is 29.1 Å². The summed E-state index contributed by atoms with van der Waals surface area (Å²) in [5.41, 5.74) is 0. The van der Waals surface area contributed by atoms with Gasteiger partial charge in [-0.1, -0.05) is 44.0 Å². The largest absolute Gasteiger partial charge is 0.348 e. The Balaban J connectivity index is 1.38. The van der Waals surface area contributed by atoms with Crippen LogP contribution < -0.4 is 5.32 Å². The quantitative estimate of drug-likeness (QED) is 0.496. The number of thiophene rings is 2. The Labute approximate surface area is 168 Å². The molecule has 1 amide bonds. The molecule has 5 heteroatoms. The van der Waals surface area contributed by atoms with Crippen molar-refractivity contribution in [3.8, 4) is 0 Å². The van der Waals surface area contributed by atoms with Crippen molar-refractivity contribution in [1.29, 1.82) is 0 Å². The number of rotatable bonds is 8. The molecule has 2 heterocycles. The fraction of sp³-hybridized carbons (Fsp3) is 0.571. The molecule has 2 nitrogen and oxygen atoms in total. The second-order valence-electron chi connectivity index (χ2n) is 7.64. The van der Waals surface area contributed by atoms with Crippen molar-refractivity contribution >= 4 is 40.3 Å². The fourth-order valence-electron chi connectivity index (χ4n) is 4.82. The standard InChI is InChI=1S/C21H27NOS3/c1-2-3-4-6-16-14-8-9-15(13-14)20(16)22-21(23)17-10-11-19(25-17)26-18-7-5-12-24-18/h5,7,10-12,14-16,20H,2-4,6,8-9,13H2,1H3,(H,22,23)/t14-,15+,16+,20+/m1/s1. The van der Waals surface area contributed by atoms with Crippen molar-refractivity contribution in [3.05, 3.63) is 34.5 Å². The third-order valence-corrected chi connectivity index (χ3v) is 9.28. The van der Waals surface area contributed by atoms with Gasteiger partial charge in [-0.3, -0.25) is 4.79 Å². The van der Waals surface area contributed by atoms with Gasteiger partial charge in [-0.15, -0.1) is 22.7 Å². The van der Waals surface area contributed by atoms with Crippen LogP contribution in [0.25, 0.3) is 0 Å². The summed E-state index contributed by atoms with van der Waals surface area (Å²) in [6.07, 6.45) is 9.24. The first-order valence-electron chi connectivity index (χ1n) is 9.86. The third kappa shape index (κ3) is 4.05. The Kier molecular flexibility index (Phi) is 6.07. The van der Waals surface area contributed by atoms with Crippen LogP contribution in [0.1, 0.15) is 61.5 Å². The summed E-state index contributed by atoms with van der Waals surface area (Å²) in [5, 5.41) is 5.54. The summed E-state index contributed by atoms with van der Waals surface area (Å²) in [5.74, 6) is 2.43. The summed E-state index contributed by atoms with van der Waals surface area (Å²) in [7, 11) is 0. The second kappa shape index (κ2) is 8.49. The number of fused-ring (bicyclic) bond motifs is 2. The molecule has 2 aliphatic rings. The van der Waals surface area contributed by atoms with E-state index in [9.17, 15) is 4.79 Å². The van der Waals surface area contributed by atoms with Gasteiger partial charge in [0, 0.05) is 6.04 Å². The lowest BCUT2D eigenvalue weighted by Crippen LogP contribution is -2.43. The van der Waals surface area contributed by atoms with E-state index in [1.54, 1.807) is 34.4 Å². The van der Waals surface area contributed by atoms with Crippen LogP contribution >= 0.6 is 34.4 Å². The Hall–Kier alpha value is -0.780. The molecular weight excluding hydrogens is 378 g/mol. The van der Waals surface area contributed by atoms with Gasteiger partial charge in [0.2, 0.25) is 0 Å². The van der Waals surface area contributed by atoms with E-state index in [2.05, 4.69) is 35.8 Å². The van der Waals surface area contributed by atoms with Crippen molar-refractivity contribution in [3.63, 3.8) is 0 Å². The molecule has 26 heavy (non-hydrogen) atoms. The van der Waals surface area contributed by atoms with Crippen molar-refractivity contribution in [1.82, 2.24) is 5.32 Å². The van der Waals surface area contributed by atoms with E-state index >= 15 is 0 Å². The van der Waals surface area contributed by atoms with E-state index in [4.69, 9.17) is 0 Å². The number of unbranched alkanes of at least 4 members (excludes halogenated alkanes) is 2. The molecule has 2 aliphatic carbocycles. The normalized spacial score (nSPS) is 27.1. The lowest BCUT2D eigenvalue weighted by molar-refractivity contribution is 0.0900. The molecule has 0 aliphatic heterocycles. The van der Waals surface area contributed by atoms with Crippen LogP contribution in [0.15, 0.2) is 38.1 Å². The third-order valence-electron chi connectivity index (χ3n) is 6.03. The van der Waals surface area contributed by atoms with Crippen LogP contribution in [0.5, 0.6) is 0 Å². The molecule has 0 saturated heterocycles. The zero-order valence-electron chi connectivity index (χ0n) is 15.3. The molecule has 0 unspecified atom stereocenters. The van der Waals surface area contributed by atoms with Crippen molar-refractivity contribution in [2.45, 2.75) is 66.3 Å². The molecule has 2 aromatic heterocycles. The molecular formula is C21H27NOS3. The van der Waals surface area contributed by atoms with E-state index in [0.717, 1.165) is 16.7 Å². The van der Waals surface area contributed by atoms with Gasteiger partial charge in [-0.05, 0) is 67.0 Å². The number of carbonyl (C=O) groups is 1. The molecule has 2 fully saturated rings. The molecule has 2 saturated carbocycles. The van der Waals surface area contributed by atoms with Crippen LogP contribution in [0.3, 0.4) is 0 Å². The number of amides is 1. The summed E-state index contributed by atoms with van der Waals surface area (Å²) in [4.78, 5) is 13.7. The molecule has 4 rings (SSSR count). The molecule has 0 aromatic carbocycles. The molecule has 140 valence electrons. The van der Waals surface area contributed by atoms with E-state index in [0.29, 0.717) is 12.0 Å². The van der Waals surface area contributed by atoms with Gasteiger partial charge in [0.1, 0.15) is 0 Å². The Morgan fingerprint density at radius 1 is 1.19 bits per heavy atom. The highest BCUT2D eigenvalue weighted by Crippen LogP contribution is 2.50. The minimum Gasteiger partial charge on any atom is -0.348 e. The van der Waals surface area contributed by atoms with Crippen LogP contribution in [0, 0.1) is 17.8 Å². The summed E-state index contributed by atoms with van der Waals surface area (Å²) < 4.78 is 2.48. The van der Waals surface area contributed by atoms with E-state index < -0.39 is 0 Å². The molecule has 0 radical (unpaired) electrons. The summed E-state index contributed by atoms with van der Waals surface area (Å²) in [6, 6.07) is 8.69. The first-order chi connectivity index (χ1) is 12.7. The van der Waals surface area contributed by atoms with Crippen LogP contribution in [-0.4, -0.2) is 11.9 Å². The first-order valence-corrected chi connectivity index (χ1v) is 12.4. The number of nitrogens with one attached hydrogen (secondary N) is 1. The van der Waals surface area contributed by atoms with E-state index in [1.165, 1.54) is 53.4 Å². The van der Waals surface area contributed by atoms with Crippen molar-refractivity contribution < 1.29 is 4.79 Å². The SMILES string of the molecule is CCCCC[C@H]1[C@@H]2CC[C@@H](C2)[C@@H]1NC(=O)c1ccc(Sc2cccs2)s1. The maximum atomic E-state index is 12.9. The lowest BCUT2D eigenvalue weighted by atomic mass is 9.81. The predicted octanol–water partition coefficient (Wildman–Crippen LogP) is 6.69. The zero-order valence-corrected chi connectivity index (χ0v) is 17.7. The van der Waals surface area contributed by atoms with Crippen LogP contribution in [-0.2, 0) is 0 Å². The highest BCUT2D eigenvalue weighted by molar-refractivity contribution is 8.02. The van der Waals surface area contributed by atoms with Crippen LogP contribution in [0.2, 0.25) is 0 Å². The predicted molar refractivity (Wildman–Crippen MR) is 112 cm³/mol. The van der Waals surface area contributed by atoms with Gasteiger partial charge in [0.05, 0.1) is 13.3 Å². The minimum atomic E-state index is 0.145. The number of carbonyl (C=O) groups excluding carboxylic acids is 1. The van der Waals surface area contributed by atoms with Gasteiger partial charge < -0.3 is 5.32 Å². The van der Waals surface area contributed by atoms with Crippen LogP contribution in [0.4, 0.5) is 0 Å². The lowest BCUT2D eigenvalue weighted by Gasteiger charge is -2.31. The highest BCUT2D eigenvalue weighted by Gasteiger charge is 2.47. The number of hydrogen-bond donors (Lipinski definition) is 1. The molecule has 2 bridgehead atoms. The van der Waals surface area contributed by atoms with Crippen molar-refractivity contribution in [2.24, 2.45) is 17.8 Å². The molecule has 0 spiro atoms. The highest BCUT2D eigenvalue weighted by atomic mass is 32.2. The van der Waals surface area contributed by atoms with Gasteiger partial charge in [0.25, 0.3) is 5.91 Å². The molecule has 1 N–H and O–H groups in total. The van der Waals surface area contributed by atoms with Crippen molar-refractivity contribution in [2.75, 3.05) is 0 Å². The Morgan fingerprint density at radius 2 is 2.08 bits per heavy atom. The maximum Gasteiger partial charge on any atom is 0.261 e. The maximum absolute atomic E-state index is 12.9. The first kappa shape index (κ1) is 18.6. The second-order valence-corrected chi connectivity index (χ2v) is 11.3. The van der Waals surface area contributed by atoms with Gasteiger partial charge in [-0.25, -0.2) is 0 Å². The number of hydrogen-bond acceptors (Lipinski definition) is 4. The van der Waals surface area contributed by atoms with E-state index in [-0.39, 0.29) is 5.91 Å². The van der Waals surface area contributed by atoms with Gasteiger partial charge in [-0.2, -0.15) is 0 Å². The Morgan fingerprint density at radius 3 is 2.88 bits per heavy atom. The molecule has 4 atom stereocenters. The zero-order chi connectivity index (χ0) is 17.9. The minimum absolute atomic E-state index is 0.145. The smallest absolute Gasteiger partial charge is 0.261 e. The van der Waals surface area contributed by atoms with Gasteiger partial charge >= 0.3 is 0 Å². The monoisotopic (exact) mass is 405 g/mol. The Bertz CT molecular complexity index is 723. The summed E-state index contributed by atoms with van der Waals surface area (Å²) >= 11 is 5.13. The van der Waals surface area contributed by atoms with E-state index in [1.807, 2.05) is 6.07 Å². The van der Waals surface area contributed by atoms with Gasteiger partial charge in [0.15, 0.2) is 0 Å². The molecule has 2 aromatic rings. The summed E-state index contributed by atoms with van der Waals surface area (Å²) in [6.45, 7) is 2.27. The average Bonchev–Trinajstić information content (AvgIpc) is 3.41. The average molecular weight is 406 g/mol. The fourth-order valence-corrected chi connectivity index (χ4v) is 7.88.